The molecule has 0 spiro atoms. The average molecular weight is 553 g/mol. The topological polar surface area (TPSA) is 58.8 Å². The van der Waals surface area contributed by atoms with Gasteiger partial charge in [0.1, 0.15) is 11.8 Å². The van der Waals surface area contributed by atoms with E-state index in [2.05, 4.69) is 15.9 Å². The van der Waals surface area contributed by atoms with Gasteiger partial charge in [0.15, 0.2) is 11.6 Å². The molecule has 0 aliphatic carbocycles. The molecule has 7 nitrogen and oxygen atoms in total. The number of para-hydroxylation sites is 1. The molecule has 0 radical (unpaired) electrons. The molecule has 10 heteroatoms. The Bertz CT molecular complexity index is 1420. The number of hydrogen-bond acceptors (Lipinski definition) is 5. The molecular weight excluding hydrogens is 522 g/mol. The number of anilines is 2. The summed E-state index contributed by atoms with van der Waals surface area (Å²) in [5.74, 6) is -2.08. The van der Waals surface area contributed by atoms with E-state index in [1.165, 1.54) is 0 Å². The van der Waals surface area contributed by atoms with Crippen molar-refractivity contribution in [2.75, 3.05) is 62.2 Å². The number of amides is 1. The van der Waals surface area contributed by atoms with Crippen molar-refractivity contribution in [1.82, 2.24) is 14.4 Å². The van der Waals surface area contributed by atoms with Crippen LogP contribution in [0.5, 0.6) is 0 Å². The van der Waals surface area contributed by atoms with E-state index >= 15 is 0 Å². The highest BCUT2D eigenvalue weighted by Gasteiger charge is 2.28. The maximum atomic E-state index is 13.9. The van der Waals surface area contributed by atoms with E-state index < -0.39 is 11.6 Å². The largest absolute Gasteiger partial charge is 0.368 e. The van der Waals surface area contributed by atoms with E-state index in [-0.39, 0.29) is 11.5 Å². The van der Waals surface area contributed by atoms with Crippen molar-refractivity contribution in [3.05, 3.63) is 81.6 Å². The maximum absolute atomic E-state index is 13.9. The molecule has 2 aromatic carbocycles. The fourth-order valence-electron chi connectivity index (χ4n) is 5.42. The predicted octanol–water partition coefficient (Wildman–Crippen LogP) is 4.42. The third-order valence-electron chi connectivity index (χ3n) is 7.89. The van der Waals surface area contributed by atoms with Crippen LogP contribution in [0.3, 0.4) is 0 Å². The van der Waals surface area contributed by atoms with Gasteiger partial charge in [-0.3, -0.25) is 9.69 Å². The SMILES string of the molecule is Cc1c(CN2CCN(c3ccccc3Cl)CC2)cc(C(=O)N2CCN(c3cc(F)c(F)cc3C#N)CC2)n1C. The highest BCUT2D eigenvalue weighted by atomic mass is 35.5. The lowest BCUT2D eigenvalue weighted by atomic mass is 10.1. The molecule has 3 aromatic rings. The molecule has 1 aromatic heterocycles. The molecule has 204 valence electrons. The van der Waals surface area contributed by atoms with Crippen molar-refractivity contribution in [1.29, 1.82) is 5.26 Å². The van der Waals surface area contributed by atoms with Gasteiger partial charge in [0, 0.05) is 77.7 Å². The van der Waals surface area contributed by atoms with E-state index in [1.807, 2.05) is 53.8 Å². The Morgan fingerprint density at radius 3 is 2.21 bits per heavy atom. The molecule has 0 N–H and O–H groups in total. The molecular formula is C29H31ClF2N6O. The Labute approximate surface area is 232 Å². The molecule has 0 atom stereocenters. The summed E-state index contributed by atoms with van der Waals surface area (Å²) in [4.78, 5) is 21.8. The number of piperazine rings is 2. The summed E-state index contributed by atoms with van der Waals surface area (Å²) in [6.07, 6.45) is 0. The van der Waals surface area contributed by atoms with Crippen LogP contribution < -0.4 is 9.80 Å². The van der Waals surface area contributed by atoms with Crippen LogP contribution >= 0.6 is 11.6 Å². The second kappa shape index (κ2) is 11.2. The Morgan fingerprint density at radius 2 is 1.54 bits per heavy atom. The first-order valence-electron chi connectivity index (χ1n) is 13.1. The van der Waals surface area contributed by atoms with E-state index in [4.69, 9.17) is 11.6 Å². The van der Waals surface area contributed by atoms with Gasteiger partial charge in [0.2, 0.25) is 0 Å². The van der Waals surface area contributed by atoms with Crippen LogP contribution in [0.2, 0.25) is 5.02 Å². The number of nitriles is 1. The van der Waals surface area contributed by atoms with Crippen molar-refractivity contribution in [3.8, 4) is 6.07 Å². The van der Waals surface area contributed by atoms with E-state index in [0.29, 0.717) is 37.6 Å². The molecule has 2 aliphatic rings. The summed E-state index contributed by atoms with van der Waals surface area (Å²) in [7, 11) is 1.91. The maximum Gasteiger partial charge on any atom is 0.270 e. The van der Waals surface area contributed by atoms with Crippen LogP contribution in [0.15, 0.2) is 42.5 Å². The third kappa shape index (κ3) is 5.45. The molecule has 2 saturated heterocycles. The highest BCUT2D eigenvalue weighted by Crippen LogP contribution is 2.28. The minimum atomic E-state index is -1.04. The van der Waals surface area contributed by atoms with Crippen LogP contribution in [0.1, 0.15) is 27.3 Å². The second-order valence-corrected chi connectivity index (χ2v) is 10.5. The van der Waals surface area contributed by atoms with E-state index in [1.54, 1.807) is 4.90 Å². The van der Waals surface area contributed by atoms with Crippen LogP contribution in [-0.2, 0) is 13.6 Å². The Balaban J connectivity index is 1.21. The molecule has 0 saturated carbocycles. The average Bonchev–Trinajstić information content (AvgIpc) is 3.23. The number of halogens is 3. The summed E-state index contributed by atoms with van der Waals surface area (Å²) in [6.45, 7) is 8.08. The van der Waals surface area contributed by atoms with Gasteiger partial charge >= 0.3 is 0 Å². The number of carbonyl (C=O) groups excluding carboxylic acids is 1. The van der Waals surface area contributed by atoms with Gasteiger partial charge in [0.05, 0.1) is 22.0 Å². The van der Waals surface area contributed by atoms with Crippen molar-refractivity contribution >= 4 is 28.9 Å². The van der Waals surface area contributed by atoms with Gasteiger partial charge in [-0.1, -0.05) is 23.7 Å². The Morgan fingerprint density at radius 1 is 0.923 bits per heavy atom. The zero-order valence-corrected chi connectivity index (χ0v) is 22.9. The standard InChI is InChI=1S/C29H31ClF2N6O/c1-20-22(19-35-7-9-36(10-8-35)26-6-4-3-5-23(26)30)16-28(34(20)2)29(39)38-13-11-37(12-14-38)27-17-25(32)24(31)15-21(27)18-33/h3-6,15-17H,7-14,19H2,1-2H3. The third-order valence-corrected chi connectivity index (χ3v) is 8.20. The van der Waals surface area contributed by atoms with Gasteiger partial charge in [-0.15, -0.1) is 0 Å². The lowest BCUT2D eigenvalue weighted by molar-refractivity contribution is 0.0737. The summed E-state index contributed by atoms with van der Waals surface area (Å²) >= 11 is 6.38. The lowest BCUT2D eigenvalue weighted by Crippen LogP contribution is -2.49. The summed E-state index contributed by atoms with van der Waals surface area (Å²) in [6, 6.07) is 13.8. The molecule has 2 fully saturated rings. The van der Waals surface area contributed by atoms with Crippen LogP contribution in [-0.4, -0.2) is 72.6 Å². The molecule has 3 heterocycles. The van der Waals surface area contributed by atoms with Crippen LogP contribution in [0.25, 0.3) is 0 Å². The number of benzene rings is 2. The minimum Gasteiger partial charge on any atom is -0.368 e. The molecule has 2 aliphatic heterocycles. The monoisotopic (exact) mass is 552 g/mol. The quantitative estimate of drug-likeness (QED) is 0.469. The normalized spacial score (nSPS) is 16.5. The number of carbonyl (C=O) groups is 1. The summed E-state index contributed by atoms with van der Waals surface area (Å²) in [5.41, 5.74) is 4.34. The van der Waals surface area contributed by atoms with Crippen molar-refractivity contribution < 1.29 is 13.6 Å². The summed E-state index contributed by atoms with van der Waals surface area (Å²) in [5, 5.41) is 10.1. The first kappa shape index (κ1) is 27.0. The number of rotatable bonds is 5. The van der Waals surface area contributed by atoms with Gasteiger partial charge in [-0.05, 0) is 36.8 Å². The molecule has 0 bridgehead atoms. The molecule has 39 heavy (non-hydrogen) atoms. The molecule has 1 amide bonds. The number of nitrogens with zero attached hydrogens (tertiary/aromatic N) is 6. The molecule has 5 rings (SSSR count). The van der Waals surface area contributed by atoms with Gasteiger partial charge in [-0.25, -0.2) is 8.78 Å². The van der Waals surface area contributed by atoms with E-state index in [0.717, 1.165) is 66.8 Å². The van der Waals surface area contributed by atoms with Crippen molar-refractivity contribution in [2.45, 2.75) is 13.5 Å². The number of hydrogen-bond donors (Lipinski definition) is 0. The van der Waals surface area contributed by atoms with Gasteiger partial charge in [0.25, 0.3) is 5.91 Å². The Kier molecular flexibility index (Phi) is 7.78. The predicted molar refractivity (Wildman–Crippen MR) is 148 cm³/mol. The highest BCUT2D eigenvalue weighted by molar-refractivity contribution is 6.33. The van der Waals surface area contributed by atoms with Gasteiger partial charge < -0.3 is 19.3 Å². The Hall–Kier alpha value is -3.61. The number of aromatic nitrogens is 1. The second-order valence-electron chi connectivity index (χ2n) is 10.1. The smallest absolute Gasteiger partial charge is 0.270 e. The summed E-state index contributed by atoms with van der Waals surface area (Å²) < 4.78 is 29.4. The van der Waals surface area contributed by atoms with E-state index in [9.17, 15) is 18.8 Å². The fourth-order valence-corrected chi connectivity index (χ4v) is 5.68. The van der Waals surface area contributed by atoms with Crippen LogP contribution in [0, 0.1) is 29.9 Å². The van der Waals surface area contributed by atoms with Crippen LogP contribution in [0.4, 0.5) is 20.2 Å². The minimum absolute atomic E-state index is 0.0548. The zero-order chi connectivity index (χ0) is 27.7. The first-order chi connectivity index (χ1) is 18.8. The lowest BCUT2D eigenvalue weighted by Gasteiger charge is -2.36. The van der Waals surface area contributed by atoms with Crippen molar-refractivity contribution in [2.24, 2.45) is 7.05 Å². The van der Waals surface area contributed by atoms with Gasteiger partial charge in [-0.2, -0.15) is 5.26 Å². The zero-order valence-electron chi connectivity index (χ0n) is 22.1. The fraction of sp³-hybridized carbons (Fsp3) is 0.379. The van der Waals surface area contributed by atoms with Crippen molar-refractivity contribution in [3.63, 3.8) is 0 Å². The molecule has 0 unspecified atom stereocenters. The first-order valence-corrected chi connectivity index (χ1v) is 13.4.